The van der Waals surface area contributed by atoms with Crippen molar-refractivity contribution in [1.29, 1.82) is 10.7 Å². The highest BCUT2D eigenvalue weighted by molar-refractivity contribution is 6.00. The van der Waals surface area contributed by atoms with Crippen LogP contribution in [0.5, 0.6) is 0 Å². The molecule has 0 aliphatic heterocycles. The molecule has 0 amide bonds. The van der Waals surface area contributed by atoms with Gasteiger partial charge in [-0.3, -0.25) is 31.9 Å². The number of aromatic nitrogens is 7. The van der Waals surface area contributed by atoms with Gasteiger partial charge in [-0.1, -0.05) is 20.8 Å². The lowest BCUT2D eigenvalue weighted by Crippen LogP contribution is -2.40. The smallest absolute Gasteiger partial charge is 0.280 e. The van der Waals surface area contributed by atoms with Gasteiger partial charge in [0.05, 0.1) is 0 Å². The summed E-state index contributed by atoms with van der Waals surface area (Å²) < 4.78 is 0. The molecule has 2 aromatic rings. The van der Waals surface area contributed by atoms with Crippen LogP contribution in [0.3, 0.4) is 0 Å². The number of aliphatic imine (C=N–C) groups is 1. The van der Waals surface area contributed by atoms with E-state index in [4.69, 9.17) is 11.1 Å². The summed E-state index contributed by atoms with van der Waals surface area (Å²) >= 11 is 0. The number of nitrogens with one attached hydrogen (secondary N) is 8. The highest BCUT2D eigenvalue weighted by atomic mass is 15.5. The third-order valence-electron chi connectivity index (χ3n) is 3.86. The molecule has 0 radical (unpaired) electrons. The number of amidine groups is 1. The van der Waals surface area contributed by atoms with E-state index in [0.29, 0.717) is 0 Å². The van der Waals surface area contributed by atoms with E-state index >= 15 is 0 Å². The van der Waals surface area contributed by atoms with E-state index in [1.807, 2.05) is 47.7 Å². The molecule has 0 aliphatic rings. The summed E-state index contributed by atoms with van der Waals surface area (Å²) in [7, 11) is 1.46. The molecule has 0 unspecified atom stereocenters. The Hall–Kier alpha value is -5.19. The third-order valence-corrected chi connectivity index (χ3v) is 3.86. The summed E-state index contributed by atoms with van der Waals surface area (Å²) in [6, 6.07) is 0. The van der Waals surface area contributed by atoms with Crippen LogP contribution in [0.15, 0.2) is 15.2 Å². The summed E-state index contributed by atoms with van der Waals surface area (Å²) in [5.74, 6) is 0.594. The quantitative estimate of drug-likeness (QED) is 0.0692. The van der Waals surface area contributed by atoms with Crippen molar-refractivity contribution < 1.29 is 0 Å². The molecule has 0 aliphatic carbocycles. The zero-order chi connectivity index (χ0) is 28.3. The van der Waals surface area contributed by atoms with Gasteiger partial charge in [0.15, 0.2) is 12.2 Å². The second kappa shape index (κ2) is 12.7. The second-order valence-corrected chi connectivity index (χ2v) is 9.50. The Balaban J connectivity index is 1.94. The average molecular weight is 529 g/mol. The maximum Gasteiger partial charge on any atom is 0.280 e. The third kappa shape index (κ3) is 10.2. The highest BCUT2D eigenvalue weighted by Crippen LogP contribution is 2.15. The van der Waals surface area contributed by atoms with Gasteiger partial charge < -0.3 is 11.1 Å². The topological polar surface area (TPSA) is 279 Å². The predicted octanol–water partition coefficient (Wildman–Crippen LogP) is -0.410. The predicted molar refractivity (Wildman–Crippen MR) is 143 cm³/mol. The van der Waals surface area contributed by atoms with Crippen LogP contribution in [0.1, 0.15) is 41.5 Å². The van der Waals surface area contributed by atoms with Gasteiger partial charge >= 0.3 is 0 Å². The number of nitrogens with zero attached hydrogens (tertiary/aromatic N) is 11. The molecule has 2 heterocycles. The number of anilines is 4. The Labute approximate surface area is 218 Å². The van der Waals surface area contributed by atoms with Gasteiger partial charge in [-0.05, 0) is 20.8 Å². The molecule has 38 heavy (non-hydrogen) atoms. The molecular weight excluding hydrogens is 496 g/mol. The van der Waals surface area contributed by atoms with Crippen LogP contribution in [-0.4, -0.2) is 77.2 Å². The van der Waals surface area contributed by atoms with Crippen LogP contribution >= 0.6 is 0 Å². The van der Waals surface area contributed by atoms with Gasteiger partial charge in [0.2, 0.25) is 11.9 Å². The maximum absolute atomic E-state index is 9.23. The SMILES string of the molecule is CN(C#N)/C(=N\N=C\N/C(N)=N/C(=N)C(C)(C)C)Nc1nc(NNc2nnc(NNC(C)(C)C)nn2)n[nH]1. The van der Waals surface area contributed by atoms with Crippen LogP contribution < -0.4 is 38.1 Å². The van der Waals surface area contributed by atoms with Crippen molar-refractivity contribution in [3.8, 4) is 6.19 Å². The number of aromatic amines is 1. The Morgan fingerprint density at radius 1 is 1.05 bits per heavy atom. The van der Waals surface area contributed by atoms with Crippen molar-refractivity contribution >= 4 is 47.9 Å². The fourth-order valence-electron chi connectivity index (χ4n) is 1.89. The summed E-state index contributed by atoms with van der Waals surface area (Å²) in [5, 5.41) is 52.3. The van der Waals surface area contributed by atoms with E-state index in [1.54, 1.807) is 0 Å². The van der Waals surface area contributed by atoms with E-state index in [-0.39, 0.29) is 47.1 Å². The molecule has 0 saturated carbocycles. The van der Waals surface area contributed by atoms with Gasteiger partial charge in [0.25, 0.3) is 17.8 Å². The van der Waals surface area contributed by atoms with Crippen LogP contribution in [-0.2, 0) is 0 Å². The normalized spacial score (nSPS) is 12.6. The highest BCUT2D eigenvalue weighted by Gasteiger charge is 2.17. The Morgan fingerprint density at radius 2 is 1.66 bits per heavy atom. The van der Waals surface area contributed by atoms with Crippen LogP contribution in [0.2, 0.25) is 0 Å². The van der Waals surface area contributed by atoms with Crippen LogP contribution in [0.4, 0.5) is 23.8 Å². The summed E-state index contributed by atoms with van der Waals surface area (Å²) in [6.07, 6.45) is 3.05. The maximum atomic E-state index is 9.23. The molecule has 0 bridgehead atoms. The number of H-pyrrole nitrogens is 1. The first kappa shape index (κ1) is 29.0. The van der Waals surface area contributed by atoms with Crippen molar-refractivity contribution in [1.82, 2.24) is 51.2 Å². The lowest BCUT2D eigenvalue weighted by molar-refractivity contribution is 0.462. The molecule has 0 saturated heterocycles. The minimum atomic E-state index is -0.457. The molecule has 10 N–H and O–H groups in total. The lowest BCUT2D eigenvalue weighted by atomic mass is 9.95. The zero-order valence-corrected chi connectivity index (χ0v) is 22.1. The van der Waals surface area contributed by atoms with E-state index in [9.17, 15) is 5.26 Å². The number of hydrogen-bond acceptors (Lipinski definition) is 14. The van der Waals surface area contributed by atoms with Crippen molar-refractivity contribution in [2.75, 3.05) is 28.6 Å². The zero-order valence-electron chi connectivity index (χ0n) is 22.1. The number of guanidine groups is 2. The summed E-state index contributed by atoms with van der Waals surface area (Å²) in [4.78, 5) is 9.19. The molecule has 20 heteroatoms. The van der Waals surface area contributed by atoms with Crippen molar-refractivity contribution in [2.24, 2.45) is 26.3 Å². The molecule has 0 atom stereocenters. The first-order chi connectivity index (χ1) is 17.8. The van der Waals surface area contributed by atoms with Crippen molar-refractivity contribution in [3.63, 3.8) is 0 Å². The number of hydrogen-bond donors (Lipinski definition) is 9. The largest absolute Gasteiger partial charge is 0.369 e. The summed E-state index contributed by atoms with van der Waals surface area (Å²) in [5.41, 5.74) is 16.2. The number of nitriles is 1. The molecule has 0 aromatic carbocycles. The van der Waals surface area contributed by atoms with E-state index in [2.05, 4.69) is 83.1 Å². The standard InChI is InChI=1S/C18H32N20/c1-17(2,3)10(20)24-11(21)22-9-23-36-16(38(7)8-19)26-12-25-13(28-27-12)29-30-14-31-33-15(34-32-14)35-37-18(4,5)6/h9,37H,1-7H3,(H,30,31,32)(H,33,34,35)(H4,20,21,22,23,24)(H3,25,26,27,28,29,36). The first-order valence-corrected chi connectivity index (χ1v) is 11.0. The molecule has 2 rings (SSSR count). The van der Waals surface area contributed by atoms with Crippen LogP contribution in [0, 0.1) is 22.3 Å². The van der Waals surface area contributed by atoms with Gasteiger partial charge in [-0.25, -0.2) is 10.5 Å². The van der Waals surface area contributed by atoms with Crippen LogP contribution in [0.25, 0.3) is 0 Å². The number of nitrogens with two attached hydrogens (primary N) is 1. The molecular formula is C18H32N20. The number of hydrazine groups is 2. The van der Waals surface area contributed by atoms with Gasteiger partial charge in [0.1, 0.15) is 12.2 Å². The van der Waals surface area contributed by atoms with Gasteiger partial charge in [0, 0.05) is 18.0 Å². The fraction of sp³-hybridized carbons (Fsp3) is 0.500. The molecule has 0 fully saturated rings. The minimum absolute atomic E-state index is 0.0165. The lowest BCUT2D eigenvalue weighted by Gasteiger charge is -2.20. The Bertz CT molecular complexity index is 1190. The van der Waals surface area contributed by atoms with E-state index in [1.165, 1.54) is 7.05 Å². The second-order valence-electron chi connectivity index (χ2n) is 9.50. The number of rotatable bonds is 8. The Kier molecular flexibility index (Phi) is 9.69. The van der Waals surface area contributed by atoms with E-state index in [0.717, 1.165) is 11.2 Å². The fourth-order valence-corrected chi connectivity index (χ4v) is 1.89. The van der Waals surface area contributed by atoms with Crippen molar-refractivity contribution in [3.05, 3.63) is 0 Å². The van der Waals surface area contributed by atoms with Crippen molar-refractivity contribution in [2.45, 2.75) is 47.1 Å². The monoisotopic (exact) mass is 528 g/mol. The molecule has 0 spiro atoms. The molecule has 2 aromatic heterocycles. The molecule has 204 valence electrons. The average Bonchev–Trinajstić information content (AvgIpc) is 3.29. The van der Waals surface area contributed by atoms with E-state index < -0.39 is 5.41 Å². The van der Waals surface area contributed by atoms with Gasteiger partial charge in [-0.15, -0.1) is 35.7 Å². The Morgan fingerprint density at radius 3 is 2.24 bits per heavy atom. The minimum Gasteiger partial charge on any atom is -0.369 e. The summed E-state index contributed by atoms with van der Waals surface area (Å²) in [6.45, 7) is 11.4. The molecule has 20 nitrogen and oxygen atoms in total. The first-order valence-electron chi connectivity index (χ1n) is 11.0. The van der Waals surface area contributed by atoms with Gasteiger partial charge in [-0.2, -0.15) is 15.2 Å².